The molecule has 0 bridgehead atoms. The van der Waals surface area contributed by atoms with Crippen LogP contribution in [0.25, 0.3) is 0 Å². The molecule has 0 aliphatic heterocycles. The van der Waals surface area contributed by atoms with Crippen LogP contribution in [0.15, 0.2) is 36.4 Å². The van der Waals surface area contributed by atoms with Crippen LogP contribution in [0.5, 0.6) is 17.2 Å². The minimum atomic E-state index is -0.252. The number of phenolic OH excluding ortho intramolecular Hbond substituents is 3. The Labute approximate surface area is 104 Å². The Hall–Kier alpha value is -2.20. The molecule has 0 saturated heterocycles. The Morgan fingerprint density at radius 3 is 2.00 bits per heavy atom. The Morgan fingerprint density at radius 2 is 1.44 bits per heavy atom. The summed E-state index contributed by atoms with van der Waals surface area (Å²) in [6, 6.07) is 9.53. The van der Waals surface area contributed by atoms with Crippen LogP contribution in [-0.4, -0.2) is 20.4 Å². The molecule has 0 aliphatic carbocycles. The van der Waals surface area contributed by atoms with Crippen LogP contribution in [0.3, 0.4) is 0 Å². The molecule has 4 N–H and O–H groups in total. The van der Waals surface area contributed by atoms with Gasteiger partial charge in [0, 0.05) is 12.0 Å². The van der Waals surface area contributed by atoms with Crippen molar-refractivity contribution in [1.82, 2.24) is 0 Å². The monoisotopic (exact) mass is 246 g/mol. The lowest BCUT2D eigenvalue weighted by molar-refractivity contribution is 0.280. The molecular formula is C14H14O4. The van der Waals surface area contributed by atoms with Gasteiger partial charge in [0.25, 0.3) is 0 Å². The number of hydrogen-bond donors (Lipinski definition) is 4. The highest BCUT2D eigenvalue weighted by Crippen LogP contribution is 2.32. The van der Waals surface area contributed by atoms with E-state index in [0.29, 0.717) is 16.7 Å². The summed E-state index contributed by atoms with van der Waals surface area (Å²) < 4.78 is 0. The number of aromatic hydroxyl groups is 3. The molecule has 0 radical (unpaired) electrons. The van der Waals surface area contributed by atoms with Crippen molar-refractivity contribution in [2.45, 2.75) is 13.0 Å². The van der Waals surface area contributed by atoms with Crippen LogP contribution in [0.2, 0.25) is 0 Å². The molecule has 0 heterocycles. The molecule has 94 valence electrons. The average molecular weight is 246 g/mol. The Morgan fingerprint density at radius 1 is 0.833 bits per heavy atom. The van der Waals surface area contributed by atoms with Gasteiger partial charge in [-0.05, 0) is 29.3 Å². The molecule has 0 spiro atoms. The van der Waals surface area contributed by atoms with E-state index in [4.69, 9.17) is 5.11 Å². The van der Waals surface area contributed by atoms with E-state index in [1.807, 2.05) is 0 Å². The van der Waals surface area contributed by atoms with Gasteiger partial charge in [0.1, 0.15) is 17.2 Å². The number of phenols is 3. The van der Waals surface area contributed by atoms with Gasteiger partial charge in [-0.3, -0.25) is 0 Å². The van der Waals surface area contributed by atoms with Crippen molar-refractivity contribution in [2.75, 3.05) is 0 Å². The van der Waals surface area contributed by atoms with Crippen LogP contribution in [0, 0.1) is 0 Å². The Balaban J connectivity index is 2.38. The molecule has 2 aromatic rings. The molecule has 0 aliphatic rings. The molecule has 0 aromatic heterocycles. The largest absolute Gasteiger partial charge is 0.508 e. The summed E-state index contributed by atoms with van der Waals surface area (Å²) in [5, 5.41) is 38.2. The van der Waals surface area contributed by atoms with Crippen molar-refractivity contribution in [3.8, 4) is 17.2 Å². The fraction of sp³-hybridized carbons (Fsp3) is 0.143. The highest BCUT2D eigenvalue weighted by molar-refractivity contribution is 5.50. The summed E-state index contributed by atoms with van der Waals surface area (Å²) in [4.78, 5) is 0. The zero-order valence-electron chi connectivity index (χ0n) is 9.67. The number of para-hydroxylation sites is 1. The van der Waals surface area contributed by atoms with Gasteiger partial charge < -0.3 is 20.4 Å². The molecule has 18 heavy (non-hydrogen) atoms. The van der Waals surface area contributed by atoms with Crippen molar-refractivity contribution in [3.63, 3.8) is 0 Å². The van der Waals surface area contributed by atoms with Gasteiger partial charge in [-0.1, -0.05) is 18.2 Å². The molecule has 4 heteroatoms. The van der Waals surface area contributed by atoms with Crippen molar-refractivity contribution in [1.29, 1.82) is 0 Å². The van der Waals surface area contributed by atoms with E-state index in [1.54, 1.807) is 24.3 Å². The van der Waals surface area contributed by atoms with Gasteiger partial charge in [-0.2, -0.15) is 0 Å². The van der Waals surface area contributed by atoms with Crippen LogP contribution < -0.4 is 0 Å². The summed E-state index contributed by atoms with van der Waals surface area (Å²) in [5.41, 5.74) is 1.37. The van der Waals surface area contributed by atoms with E-state index >= 15 is 0 Å². The molecular weight excluding hydrogens is 232 g/mol. The summed E-state index contributed by atoms with van der Waals surface area (Å²) in [5.74, 6) is -0.0767. The fourth-order valence-electron chi connectivity index (χ4n) is 1.82. The van der Waals surface area contributed by atoms with Crippen LogP contribution >= 0.6 is 0 Å². The number of benzene rings is 2. The second-order valence-electron chi connectivity index (χ2n) is 4.08. The fourth-order valence-corrected chi connectivity index (χ4v) is 1.82. The van der Waals surface area contributed by atoms with E-state index in [0.717, 1.165) is 0 Å². The zero-order valence-corrected chi connectivity index (χ0v) is 9.67. The molecule has 0 fully saturated rings. The highest BCUT2D eigenvalue weighted by Gasteiger charge is 2.12. The average Bonchev–Trinajstić information content (AvgIpc) is 2.35. The Bertz CT molecular complexity index is 540. The van der Waals surface area contributed by atoms with E-state index in [1.165, 1.54) is 12.1 Å². The SMILES string of the molecule is OCc1cc(O)c(Cc2ccccc2O)c(O)c1. The maximum absolute atomic E-state index is 9.80. The quantitative estimate of drug-likeness (QED) is 0.666. The topological polar surface area (TPSA) is 80.9 Å². The molecule has 0 saturated carbocycles. The normalized spacial score (nSPS) is 10.5. The first-order valence-electron chi connectivity index (χ1n) is 5.53. The molecule has 2 rings (SSSR count). The first kappa shape index (κ1) is 12.3. The van der Waals surface area contributed by atoms with Gasteiger partial charge >= 0.3 is 0 Å². The van der Waals surface area contributed by atoms with Crippen molar-refractivity contribution < 1.29 is 20.4 Å². The zero-order chi connectivity index (χ0) is 13.1. The third-order valence-electron chi connectivity index (χ3n) is 2.80. The third-order valence-corrected chi connectivity index (χ3v) is 2.80. The molecule has 4 nitrogen and oxygen atoms in total. The van der Waals surface area contributed by atoms with Crippen molar-refractivity contribution >= 4 is 0 Å². The predicted octanol–water partition coefficient (Wildman–Crippen LogP) is 1.89. The van der Waals surface area contributed by atoms with E-state index < -0.39 is 0 Å². The summed E-state index contributed by atoms with van der Waals surface area (Å²) in [6.45, 7) is -0.252. The summed E-state index contributed by atoms with van der Waals surface area (Å²) in [7, 11) is 0. The van der Waals surface area contributed by atoms with E-state index in [9.17, 15) is 15.3 Å². The number of aliphatic hydroxyl groups is 1. The first-order chi connectivity index (χ1) is 8.61. The maximum atomic E-state index is 9.80. The third kappa shape index (κ3) is 2.38. The second-order valence-corrected chi connectivity index (χ2v) is 4.08. The van der Waals surface area contributed by atoms with Crippen LogP contribution in [-0.2, 0) is 13.0 Å². The van der Waals surface area contributed by atoms with Crippen LogP contribution in [0.4, 0.5) is 0 Å². The predicted molar refractivity (Wildman–Crippen MR) is 66.6 cm³/mol. The smallest absolute Gasteiger partial charge is 0.123 e. The number of aliphatic hydroxyl groups excluding tert-OH is 1. The minimum Gasteiger partial charge on any atom is -0.508 e. The maximum Gasteiger partial charge on any atom is 0.123 e. The van der Waals surface area contributed by atoms with Gasteiger partial charge in [0.2, 0.25) is 0 Å². The summed E-state index contributed by atoms with van der Waals surface area (Å²) >= 11 is 0. The molecule has 0 unspecified atom stereocenters. The lowest BCUT2D eigenvalue weighted by atomic mass is 10.0. The minimum absolute atomic E-state index is 0.0951. The van der Waals surface area contributed by atoms with E-state index in [-0.39, 0.29) is 30.3 Å². The van der Waals surface area contributed by atoms with Crippen LogP contribution in [0.1, 0.15) is 16.7 Å². The molecule has 0 atom stereocenters. The molecule has 2 aromatic carbocycles. The number of rotatable bonds is 3. The standard InChI is InChI=1S/C14H14O4/c15-8-9-5-13(17)11(14(18)6-9)7-10-3-1-2-4-12(10)16/h1-6,15-18H,7-8H2. The molecule has 0 amide bonds. The number of hydrogen-bond acceptors (Lipinski definition) is 4. The summed E-state index contributed by atoms with van der Waals surface area (Å²) in [6.07, 6.45) is 0.218. The first-order valence-corrected chi connectivity index (χ1v) is 5.53. The second kappa shape index (κ2) is 4.98. The van der Waals surface area contributed by atoms with Gasteiger partial charge in [-0.25, -0.2) is 0 Å². The highest BCUT2D eigenvalue weighted by atomic mass is 16.3. The Kier molecular flexibility index (Phi) is 3.39. The lowest BCUT2D eigenvalue weighted by Gasteiger charge is -2.10. The van der Waals surface area contributed by atoms with Gasteiger partial charge in [-0.15, -0.1) is 0 Å². The van der Waals surface area contributed by atoms with Gasteiger partial charge in [0.05, 0.1) is 6.61 Å². The van der Waals surface area contributed by atoms with Crippen molar-refractivity contribution in [2.24, 2.45) is 0 Å². The van der Waals surface area contributed by atoms with E-state index in [2.05, 4.69) is 0 Å². The lowest BCUT2D eigenvalue weighted by Crippen LogP contribution is -1.93. The van der Waals surface area contributed by atoms with Gasteiger partial charge in [0.15, 0.2) is 0 Å². The van der Waals surface area contributed by atoms with Crippen molar-refractivity contribution in [3.05, 3.63) is 53.1 Å².